The van der Waals surface area contributed by atoms with Crippen molar-refractivity contribution in [3.8, 4) is 11.5 Å². The molecule has 1 aromatic heterocycles. The summed E-state index contributed by atoms with van der Waals surface area (Å²) in [6, 6.07) is 7.13. The zero-order chi connectivity index (χ0) is 20.4. The summed E-state index contributed by atoms with van der Waals surface area (Å²) in [5.41, 5.74) is 1.65. The monoisotopic (exact) mass is 387 g/mol. The topological polar surface area (TPSA) is 98.8 Å². The molecule has 28 heavy (non-hydrogen) atoms. The molecule has 2 N–H and O–H groups in total. The van der Waals surface area contributed by atoms with Crippen LogP contribution in [0.15, 0.2) is 36.7 Å². The molecular weight excluding hydrogens is 362 g/mol. The maximum atomic E-state index is 12.3. The van der Waals surface area contributed by atoms with E-state index in [-0.39, 0.29) is 11.8 Å². The highest BCUT2D eigenvalue weighted by Gasteiger charge is 2.11. The van der Waals surface area contributed by atoms with Gasteiger partial charge in [-0.25, -0.2) is 0 Å². The number of hydrogen-bond acceptors (Lipinski definition) is 6. The third-order valence-electron chi connectivity index (χ3n) is 4.00. The minimum absolute atomic E-state index is 0.292. The highest BCUT2D eigenvalue weighted by atomic mass is 16.5. The van der Waals surface area contributed by atoms with E-state index in [1.807, 2.05) is 18.2 Å². The van der Waals surface area contributed by atoms with Gasteiger partial charge in [-0.2, -0.15) is 0 Å². The number of aromatic nitrogens is 1. The molecule has 0 aliphatic carbocycles. The minimum atomic E-state index is -0.301. The Hall–Kier alpha value is -3.13. The lowest BCUT2D eigenvalue weighted by Crippen LogP contribution is -2.28. The maximum Gasteiger partial charge on any atom is 0.252 e. The number of carbonyl (C=O) groups excluding carboxylic acids is 2. The zero-order valence-electron chi connectivity index (χ0n) is 16.3. The Bertz CT molecular complexity index is 810. The van der Waals surface area contributed by atoms with E-state index >= 15 is 0 Å². The second-order valence-electron chi connectivity index (χ2n) is 5.91. The molecular formula is C20H25N3O5. The van der Waals surface area contributed by atoms with Crippen molar-refractivity contribution in [2.24, 2.45) is 0 Å². The zero-order valence-corrected chi connectivity index (χ0v) is 16.3. The van der Waals surface area contributed by atoms with Crippen LogP contribution in [0.2, 0.25) is 0 Å². The fourth-order valence-corrected chi connectivity index (χ4v) is 2.52. The molecule has 0 saturated heterocycles. The fourth-order valence-electron chi connectivity index (χ4n) is 2.52. The first-order valence-corrected chi connectivity index (χ1v) is 8.80. The number of pyridine rings is 1. The SMILES string of the molecule is COCCNC(=O)c1cncc(C(=O)NCCc2ccc(OC)c(OC)c2)c1. The number of nitrogens with zero attached hydrogens (tertiary/aromatic N) is 1. The molecule has 8 heteroatoms. The maximum absolute atomic E-state index is 12.3. The molecule has 0 bridgehead atoms. The van der Waals surface area contributed by atoms with Crippen LogP contribution in [-0.4, -0.2) is 57.8 Å². The predicted molar refractivity (Wildman–Crippen MR) is 104 cm³/mol. The van der Waals surface area contributed by atoms with Crippen LogP contribution in [0, 0.1) is 0 Å². The summed E-state index contributed by atoms with van der Waals surface area (Å²) in [6.07, 6.45) is 3.47. The first kappa shape index (κ1) is 21.2. The number of rotatable bonds is 10. The number of ether oxygens (including phenoxy) is 3. The summed E-state index contributed by atoms with van der Waals surface area (Å²) >= 11 is 0. The molecule has 1 aromatic carbocycles. The number of benzene rings is 1. The van der Waals surface area contributed by atoms with Crippen molar-refractivity contribution in [3.63, 3.8) is 0 Å². The van der Waals surface area contributed by atoms with Gasteiger partial charge in [0.1, 0.15) is 0 Å². The Labute approximate surface area is 164 Å². The van der Waals surface area contributed by atoms with Crippen LogP contribution in [0.1, 0.15) is 26.3 Å². The van der Waals surface area contributed by atoms with Crippen molar-refractivity contribution in [2.45, 2.75) is 6.42 Å². The van der Waals surface area contributed by atoms with Crippen LogP contribution in [0.5, 0.6) is 11.5 Å². The van der Waals surface area contributed by atoms with Crippen LogP contribution in [-0.2, 0) is 11.2 Å². The second kappa shape index (κ2) is 10.9. The molecule has 8 nitrogen and oxygen atoms in total. The van der Waals surface area contributed by atoms with Crippen molar-refractivity contribution in [1.82, 2.24) is 15.6 Å². The first-order chi connectivity index (χ1) is 13.6. The normalized spacial score (nSPS) is 10.2. The summed E-state index contributed by atoms with van der Waals surface area (Å²) in [5.74, 6) is 0.703. The number of methoxy groups -OCH3 is 3. The lowest BCUT2D eigenvalue weighted by atomic mass is 10.1. The predicted octanol–water partition coefficient (Wildman–Crippen LogP) is 1.45. The van der Waals surface area contributed by atoms with Gasteiger partial charge in [0.05, 0.1) is 32.0 Å². The number of carbonyl (C=O) groups is 2. The molecule has 2 rings (SSSR count). The molecule has 0 aliphatic heterocycles. The molecule has 150 valence electrons. The Morgan fingerprint density at radius 3 is 2.14 bits per heavy atom. The number of hydrogen-bond donors (Lipinski definition) is 2. The van der Waals surface area contributed by atoms with E-state index in [0.717, 1.165) is 5.56 Å². The van der Waals surface area contributed by atoms with Gasteiger partial charge in [-0.05, 0) is 30.2 Å². The molecule has 0 aliphatic rings. The summed E-state index contributed by atoms with van der Waals surface area (Å²) in [5, 5.41) is 5.52. The van der Waals surface area contributed by atoms with Gasteiger partial charge < -0.3 is 24.8 Å². The average Bonchev–Trinajstić information content (AvgIpc) is 2.73. The van der Waals surface area contributed by atoms with E-state index in [0.29, 0.717) is 48.7 Å². The van der Waals surface area contributed by atoms with E-state index in [2.05, 4.69) is 15.6 Å². The minimum Gasteiger partial charge on any atom is -0.493 e. The molecule has 0 fully saturated rings. The van der Waals surface area contributed by atoms with Crippen molar-refractivity contribution in [2.75, 3.05) is 41.0 Å². The molecule has 0 radical (unpaired) electrons. The van der Waals surface area contributed by atoms with Gasteiger partial charge in [0.15, 0.2) is 11.5 Å². The third-order valence-corrected chi connectivity index (χ3v) is 4.00. The fraction of sp³-hybridized carbons (Fsp3) is 0.350. The van der Waals surface area contributed by atoms with Crippen LogP contribution in [0.4, 0.5) is 0 Å². The van der Waals surface area contributed by atoms with Crippen molar-refractivity contribution >= 4 is 11.8 Å². The average molecular weight is 387 g/mol. The quantitative estimate of drug-likeness (QED) is 0.599. The van der Waals surface area contributed by atoms with Gasteiger partial charge in [0, 0.05) is 32.6 Å². The second-order valence-corrected chi connectivity index (χ2v) is 5.91. The van der Waals surface area contributed by atoms with Crippen molar-refractivity contribution in [1.29, 1.82) is 0 Å². The summed E-state index contributed by atoms with van der Waals surface area (Å²) < 4.78 is 15.4. The third kappa shape index (κ3) is 5.95. The number of nitrogens with one attached hydrogen (secondary N) is 2. The van der Waals surface area contributed by atoms with Crippen molar-refractivity contribution in [3.05, 3.63) is 53.3 Å². The molecule has 0 atom stereocenters. The van der Waals surface area contributed by atoms with Gasteiger partial charge in [0.2, 0.25) is 0 Å². The molecule has 2 aromatic rings. The molecule has 0 unspecified atom stereocenters. The van der Waals surface area contributed by atoms with E-state index in [1.165, 1.54) is 18.5 Å². The van der Waals surface area contributed by atoms with Crippen LogP contribution in [0.25, 0.3) is 0 Å². The Morgan fingerprint density at radius 2 is 1.54 bits per heavy atom. The molecule has 2 amide bonds. The number of amides is 2. The van der Waals surface area contributed by atoms with E-state index < -0.39 is 0 Å². The van der Waals surface area contributed by atoms with Gasteiger partial charge >= 0.3 is 0 Å². The van der Waals surface area contributed by atoms with Crippen LogP contribution < -0.4 is 20.1 Å². The Morgan fingerprint density at radius 1 is 0.893 bits per heavy atom. The summed E-state index contributed by atoms with van der Waals surface area (Å²) in [6.45, 7) is 1.23. The largest absolute Gasteiger partial charge is 0.493 e. The van der Waals surface area contributed by atoms with Gasteiger partial charge in [-0.3, -0.25) is 14.6 Å². The lowest BCUT2D eigenvalue weighted by molar-refractivity contribution is 0.0936. The summed E-state index contributed by atoms with van der Waals surface area (Å²) in [4.78, 5) is 28.4. The highest BCUT2D eigenvalue weighted by molar-refractivity contribution is 5.99. The van der Waals surface area contributed by atoms with Gasteiger partial charge in [-0.15, -0.1) is 0 Å². The van der Waals surface area contributed by atoms with Crippen molar-refractivity contribution < 1.29 is 23.8 Å². The Balaban J connectivity index is 1.91. The Kier molecular flexibility index (Phi) is 8.23. The smallest absolute Gasteiger partial charge is 0.252 e. The first-order valence-electron chi connectivity index (χ1n) is 8.80. The van der Waals surface area contributed by atoms with E-state index in [4.69, 9.17) is 14.2 Å². The van der Waals surface area contributed by atoms with E-state index in [1.54, 1.807) is 21.3 Å². The van der Waals surface area contributed by atoms with Crippen LogP contribution >= 0.6 is 0 Å². The lowest BCUT2D eigenvalue weighted by Gasteiger charge is -2.10. The van der Waals surface area contributed by atoms with Crippen LogP contribution in [0.3, 0.4) is 0 Å². The molecule has 1 heterocycles. The van der Waals surface area contributed by atoms with Gasteiger partial charge in [0.25, 0.3) is 11.8 Å². The molecule has 0 saturated carbocycles. The molecule has 0 spiro atoms. The van der Waals surface area contributed by atoms with Gasteiger partial charge in [-0.1, -0.05) is 6.07 Å². The standard InChI is InChI=1S/C20H25N3O5/c1-26-9-8-23-20(25)16-11-15(12-21-13-16)19(24)22-7-6-14-4-5-17(27-2)18(10-14)28-3/h4-5,10-13H,6-9H2,1-3H3,(H,22,24)(H,23,25). The summed E-state index contributed by atoms with van der Waals surface area (Å²) in [7, 11) is 4.72. The van der Waals surface area contributed by atoms with E-state index in [9.17, 15) is 9.59 Å². The highest BCUT2D eigenvalue weighted by Crippen LogP contribution is 2.27.